The summed E-state index contributed by atoms with van der Waals surface area (Å²) >= 11 is 0. The molecule has 1 fully saturated rings. The highest BCUT2D eigenvalue weighted by Gasteiger charge is 2.38. The van der Waals surface area contributed by atoms with Gasteiger partial charge in [0.15, 0.2) is 0 Å². The second-order valence-corrected chi connectivity index (χ2v) is 13.6. The Morgan fingerprint density at radius 3 is 2.45 bits per heavy atom. The lowest BCUT2D eigenvalue weighted by Crippen LogP contribution is -2.45. The second-order valence-electron chi connectivity index (χ2n) is 11.7. The van der Waals surface area contributed by atoms with Crippen molar-refractivity contribution < 1.29 is 27.3 Å². The largest absolute Gasteiger partial charge is 0.444 e. The van der Waals surface area contributed by atoms with E-state index in [2.05, 4.69) is 10.0 Å². The molecule has 0 aliphatic heterocycles. The number of hydrogen-bond donors (Lipinski definition) is 2. The normalized spacial score (nSPS) is 18.3. The van der Waals surface area contributed by atoms with E-state index in [0.29, 0.717) is 36.6 Å². The number of aromatic nitrogens is 1. The highest BCUT2D eigenvalue weighted by molar-refractivity contribution is 7.93. The molecule has 1 aromatic heterocycles. The molecule has 0 saturated heterocycles. The molecular weight excluding hydrogens is 567 g/mol. The van der Waals surface area contributed by atoms with E-state index in [0.717, 1.165) is 0 Å². The van der Waals surface area contributed by atoms with Crippen LogP contribution < -0.4 is 15.6 Å². The fourth-order valence-corrected chi connectivity index (χ4v) is 7.20. The van der Waals surface area contributed by atoms with Crippen LogP contribution in [0.3, 0.4) is 0 Å². The number of carbonyl (C=O) groups excluding carboxylic acids is 1. The SMILES string of the molecule is Cc1cc(=O)n(CC(C2CCC(NC(=O)OC(C)(C)C)CC2)S(=O)(=O)Nc2ccccc2[N+](=O)[O-])c2cc(F)ccc12. The molecule has 11 nitrogen and oxygen atoms in total. The monoisotopic (exact) mass is 602 g/mol. The molecule has 1 heterocycles. The minimum atomic E-state index is -4.32. The van der Waals surface area contributed by atoms with Crippen molar-refractivity contribution in [3.63, 3.8) is 0 Å². The van der Waals surface area contributed by atoms with Gasteiger partial charge >= 0.3 is 6.09 Å². The Hall–Kier alpha value is -4.00. The van der Waals surface area contributed by atoms with Crippen molar-refractivity contribution in [2.75, 3.05) is 4.72 Å². The van der Waals surface area contributed by atoms with Crippen LogP contribution in [0.25, 0.3) is 10.9 Å². The number of nitro benzene ring substituents is 1. The van der Waals surface area contributed by atoms with Crippen LogP contribution in [0, 0.1) is 28.8 Å². The Kier molecular flexibility index (Phi) is 8.90. The van der Waals surface area contributed by atoms with Gasteiger partial charge in [0.25, 0.3) is 11.2 Å². The van der Waals surface area contributed by atoms with Crippen LogP contribution in [0.5, 0.6) is 0 Å². The molecule has 3 aromatic rings. The fraction of sp³-hybridized carbons (Fsp3) is 0.448. The van der Waals surface area contributed by atoms with Gasteiger partial charge in [-0.05, 0) is 89.1 Å². The second kappa shape index (κ2) is 12.1. The number of rotatable bonds is 8. The molecule has 1 aliphatic rings. The number of benzene rings is 2. The first-order valence-corrected chi connectivity index (χ1v) is 15.2. The van der Waals surface area contributed by atoms with Crippen molar-refractivity contribution in [3.05, 3.63) is 80.4 Å². The van der Waals surface area contributed by atoms with Crippen molar-refractivity contribution in [2.45, 2.75) is 76.8 Å². The van der Waals surface area contributed by atoms with Gasteiger partial charge in [0.2, 0.25) is 10.0 Å². The first kappa shape index (κ1) is 30.9. The van der Waals surface area contributed by atoms with E-state index in [1.165, 1.54) is 47.0 Å². The summed E-state index contributed by atoms with van der Waals surface area (Å²) in [7, 11) is -4.32. The number of carbonyl (C=O) groups is 1. The highest BCUT2D eigenvalue weighted by atomic mass is 32.2. The number of sulfonamides is 1. The number of hydrogen-bond acceptors (Lipinski definition) is 7. The van der Waals surface area contributed by atoms with E-state index in [1.807, 2.05) is 0 Å². The minimum absolute atomic E-state index is 0.195. The number of pyridine rings is 1. The van der Waals surface area contributed by atoms with Gasteiger partial charge < -0.3 is 14.6 Å². The predicted molar refractivity (Wildman–Crippen MR) is 157 cm³/mol. The van der Waals surface area contributed by atoms with Gasteiger partial charge in [-0.3, -0.25) is 19.6 Å². The van der Waals surface area contributed by atoms with E-state index in [4.69, 9.17) is 4.74 Å². The molecule has 1 saturated carbocycles. The van der Waals surface area contributed by atoms with Gasteiger partial charge in [-0.25, -0.2) is 17.6 Å². The highest BCUT2D eigenvalue weighted by Crippen LogP contribution is 2.34. The molecule has 42 heavy (non-hydrogen) atoms. The lowest BCUT2D eigenvalue weighted by atomic mass is 9.83. The summed E-state index contributed by atoms with van der Waals surface area (Å²) in [5, 5.41) is 13.8. The molecule has 0 spiro atoms. The number of nitro groups is 1. The van der Waals surface area contributed by atoms with Crippen LogP contribution in [0.1, 0.15) is 52.0 Å². The van der Waals surface area contributed by atoms with Crippen LogP contribution >= 0.6 is 0 Å². The van der Waals surface area contributed by atoms with Crippen LogP contribution in [0.2, 0.25) is 0 Å². The number of anilines is 1. The number of halogens is 1. The van der Waals surface area contributed by atoms with Crippen molar-refractivity contribution in [2.24, 2.45) is 5.92 Å². The summed E-state index contributed by atoms with van der Waals surface area (Å²) < 4.78 is 51.2. The number of fused-ring (bicyclic) bond motifs is 1. The average Bonchev–Trinajstić information content (AvgIpc) is 2.88. The van der Waals surface area contributed by atoms with E-state index in [-0.39, 0.29) is 23.8 Å². The van der Waals surface area contributed by atoms with Crippen LogP contribution in [-0.2, 0) is 21.3 Å². The molecule has 13 heteroatoms. The van der Waals surface area contributed by atoms with Crippen molar-refractivity contribution in [3.8, 4) is 0 Å². The van der Waals surface area contributed by atoms with Crippen LogP contribution in [0.4, 0.5) is 20.6 Å². The third-order valence-corrected chi connectivity index (χ3v) is 9.25. The third kappa shape index (κ3) is 7.25. The van der Waals surface area contributed by atoms with E-state index in [1.54, 1.807) is 33.8 Å². The number of para-hydroxylation sites is 2. The van der Waals surface area contributed by atoms with E-state index >= 15 is 0 Å². The minimum Gasteiger partial charge on any atom is -0.444 e. The number of alkyl carbamates (subject to hydrolysis) is 1. The summed E-state index contributed by atoms with van der Waals surface area (Å²) in [5.41, 5.74) is -0.888. The molecule has 2 N–H and O–H groups in total. The maximum atomic E-state index is 14.3. The Morgan fingerprint density at radius 1 is 1.14 bits per heavy atom. The summed E-state index contributed by atoms with van der Waals surface area (Å²) in [6.45, 7) is 6.68. The maximum Gasteiger partial charge on any atom is 0.407 e. The molecule has 1 unspecified atom stereocenters. The maximum absolute atomic E-state index is 14.3. The number of amides is 1. The van der Waals surface area contributed by atoms with Gasteiger partial charge in [0.1, 0.15) is 22.4 Å². The van der Waals surface area contributed by atoms with Crippen LogP contribution in [-0.4, -0.2) is 40.9 Å². The number of nitrogens with zero attached hydrogens (tertiary/aromatic N) is 2. The van der Waals surface area contributed by atoms with Crippen molar-refractivity contribution >= 4 is 38.4 Å². The zero-order chi connectivity index (χ0) is 30.8. The zero-order valence-corrected chi connectivity index (χ0v) is 24.7. The molecule has 0 bridgehead atoms. The van der Waals surface area contributed by atoms with Crippen molar-refractivity contribution in [1.82, 2.24) is 9.88 Å². The summed E-state index contributed by atoms with van der Waals surface area (Å²) in [6.07, 6.45) is 1.12. The van der Waals surface area contributed by atoms with Gasteiger partial charge in [-0.15, -0.1) is 0 Å². The lowest BCUT2D eigenvalue weighted by Gasteiger charge is -2.34. The summed E-state index contributed by atoms with van der Waals surface area (Å²) in [6, 6.07) is 10.6. The van der Waals surface area contributed by atoms with E-state index in [9.17, 15) is 32.5 Å². The molecule has 0 radical (unpaired) electrons. The molecule has 4 rings (SSSR count). The Morgan fingerprint density at radius 2 is 1.81 bits per heavy atom. The zero-order valence-electron chi connectivity index (χ0n) is 23.9. The number of nitrogens with one attached hydrogen (secondary N) is 2. The lowest BCUT2D eigenvalue weighted by molar-refractivity contribution is -0.383. The molecule has 1 atom stereocenters. The Labute approximate surface area is 243 Å². The molecule has 2 aromatic carbocycles. The fourth-order valence-electron chi connectivity index (χ4n) is 5.45. The van der Waals surface area contributed by atoms with Gasteiger partial charge in [0.05, 0.1) is 10.4 Å². The topological polar surface area (TPSA) is 150 Å². The average molecular weight is 603 g/mol. The van der Waals surface area contributed by atoms with Crippen molar-refractivity contribution in [1.29, 1.82) is 0 Å². The molecular formula is C29H35FN4O7S. The molecule has 1 aliphatic carbocycles. The summed E-state index contributed by atoms with van der Waals surface area (Å²) in [5.74, 6) is -1.05. The first-order valence-electron chi connectivity index (χ1n) is 13.7. The predicted octanol–water partition coefficient (Wildman–Crippen LogP) is 5.25. The van der Waals surface area contributed by atoms with Gasteiger partial charge in [-0.2, -0.15) is 0 Å². The van der Waals surface area contributed by atoms with Gasteiger partial charge in [0, 0.05) is 30.1 Å². The quantitative estimate of drug-likeness (QED) is 0.264. The first-order chi connectivity index (χ1) is 19.6. The molecule has 1 amide bonds. The van der Waals surface area contributed by atoms with Crippen LogP contribution in [0.15, 0.2) is 53.3 Å². The third-order valence-electron chi connectivity index (χ3n) is 7.41. The van der Waals surface area contributed by atoms with E-state index < -0.39 is 54.9 Å². The Balaban J connectivity index is 1.68. The number of aryl methyl sites for hydroxylation is 1. The Bertz CT molecular complexity index is 1660. The number of ether oxygens (including phenoxy) is 1. The summed E-state index contributed by atoms with van der Waals surface area (Å²) in [4.78, 5) is 36.4. The molecule has 226 valence electrons. The van der Waals surface area contributed by atoms with Gasteiger partial charge in [-0.1, -0.05) is 12.1 Å². The standard InChI is InChI=1S/C29H35FN4O7S/c1-18-15-27(35)33(25-16-20(30)11-14-22(18)25)17-26(42(39,40)32-23-7-5-6-8-24(23)34(37)38)19-9-12-21(13-10-19)31-28(36)41-29(2,3)4/h5-8,11,14-16,19,21,26,32H,9-10,12-13,17H2,1-4H3,(H,31,36). The smallest absolute Gasteiger partial charge is 0.407 e.